The predicted molar refractivity (Wildman–Crippen MR) is 128 cm³/mol. The van der Waals surface area contributed by atoms with Crippen molar-refractivity contribution in [2.75, 3.05) is 12.3 Å². The molecule has 3 aromatic heterocycles. The van der Waals surface area contributed by atoms with Crippen LogP contribution in [0.1, 0.15) is 38.1 Å². The Morgan fingerprint density at radius 1 is 1.09 bits per heavy atom. The molecule has 1 fully saturated rings. The Kier molecular flexibility index (Phi) is 5.80. The molecule has 11 heteroatoms. The average Bonchev–Trinajstić information content (AvgIpc) is 3.52. The smallest absolute Gasteiger partial charge is 0.168 e. The number of benzene rings is 1. The summed E-state index contributed by atoms with van der Waals surface area (Å²) in [5, 5.41) is 34.4. The molecule has 1 unspecified atom stereocenters. The lowest BCUT2D eigenvalue weighted by Gasteiger charge is -2.19. The number of anilines is 1. The second kappa shape index (κ2) is 8.68. The molecular formula is C24H29N7O4. The summed E-state index contributed by atoms with van der Waals surface area (Å²) in [7, 11) is 0. The molecule has 1 aromatic carbocycles. The topological polar surface area (TPSA) is 157 Å². The number of nitrogens with zero attached hydrogens (tertiary/aromatic N) is 6. The van der Waals surface area contributed by atoms with E-state index in [0.717, 1.165) is 5.56 Å². The van der Waals surface area contributed by atoms with Gasteiger partial charge in [-0.05, 0) is 16.5 Å². The molecule has 1 aliphatic rings. The third-order valence-electron chi connectivity index (χ3n) is 6.30. The predicted octanol–water partition coefficient (Wildman–Crippen LogP) is 1.23. The molecule has 35 heavy (non-hydrogen) atoms. The van der Waals surface area contributed by atoms with Gasteiger partial charge in [0.1, 0.15) is 23.8 Å². The highest BCUT2D eigenvalue weighted by molar-refractivity contribution is 5.83. The van der Waals surface area contributed by atoms with Gasteiger partial charge in [0.2, 0.25) is 0 Å². The lowest BCUT2D eigenvalue weighted by atomic mass is 9.87. The van der Waals surface area contributed by atoms with Crippen LogP contribution in [0.15, 0.2) is 43.0 Å². The summed E-state index contributed by atoms with van der Waals surface area (Å²) < 4.78 is 8.92. The first-order valence-corrected chi connectivity index (χ1v) is 11.4. The molecule has 1 saturated heterocycles. The molecular weight excluding hydrogens is 450 g/mol. The van der Waals surface area contributed by atoms with Crippen LogP contribution in [-0.2, 0) is 16.7 Å². The highest BCUT2D eigenvalue weighted by Gasteiger charge is 2.44. The number of aliphatic hydroxyl groups excluding tert-OH is 3. The fraction of sp³-hybridized carbons (Fsp3) is 0.417. The quantitative estimate of drug-likeness (QED) is 0.330. The Morgan fingerprint density at radius 2 is 1.83 bits per heavy atom. The number of rotatable bonds is 5. The molecule has 4 atom stereocenters. The maximum Gasteiger partial charge on any atom is 0.168 e. The minimum atomic E-state index is -1.27. The van der Waals surface area contributed by atoms with Gasteiger partial charge in [0.05, 0.1) is 31.2 Å². The van der Waals surface area contributed by atoms with Crippen LogP contribution in [0.4, 0.5) is 5.82 Å². The van der Waals surface area contributed by atoms with Crippen molar-refractivity contribution in [2.24, 2.45) is 0 Å². The standard InChI is InChI=1S/C24H29N7O4/c1-24(2,3)15-6-4-13(5-7-15)9-30-10-14(8-27-30)21-28-20(25)17-22(29-21)31(12-26-17)23-19(34)18(33)16(11-32)35-23/h4-8,10,12,16,18-19,23,32-34H,9,11H2,1-3H3,(H2,25,28,29)/t16-,18-,19-,23?/m1/s1. The lowest BCUT2D eigenvalue weighted by molar-refractivity contribution is -0.0511. The summed E-state index contributed by atoms with van der Waals surface area (Å²) in [4.78, 5) is 13.2. The molecule has 4 heterocycles. The van der Waals surface area contributed by atoms with E-state index in [-0.39, 0.29) is 11.2 Å². The van der Waals surface area contributed by atoms with Gasteiger partial charge in [-0.25, -0.2) is 15.0 Å². The van der Waals surface area contributed by atoms with Gasteiger partial charge in [-0.2, -0.15) is 5.10 Å². The maximum atomic E-state index is 10.4. The third-order valence-corrected chi connectivity index (χ3v) is 6.30. The second-order valence-corrected chi connectivity index (χ2v) is 9.86. The van der Waals surface area contributed by atoms with E-state index in [9.17, 15) is 15.3 Å². The van der Waals surface area contributed by atoms with Gasteiger partial charge in [0.15, 0.2) is 23.5 Å². The monoisotopic (exact) mass is 479 g/mol. The number of aliphatic hydroxyl groups is 3. The van der Waals surface area contributed by atoms with E-state index >= 15 is 0 Å². The van der Waals surface area contributed by atoms with Crippen molar-refractivity contribution in [2.45, 2.75) is 57.3 Å². The Balaban J connectivity index is 1.43. The third kappa shape index (κ3) is 4.27. The zero-order chi connectivity index (χ0) is 24.9. The largest absolute Gasteiger partial charge is 0.394 e. The first-order chi connectivity index (χ1) is 16.7. The number of aromatic nitrogens is 6. The zero-order valence-corrected chi connectivity index (χ0v) is 19.8. The molecule has 1 aliphatic heterocycles. The van der Waals surface area contributed by atoms with E-state index < -0.39 is 31.1 Å². The van der Waals surface area contributed by atoms with Crippen molar-refractivity contribution < 1.29 is 20.1 Å². The van der Waals surface area contributed by atoms with Crippen LogP contribution in [0.25, 0.3) is 22.6 Å². The van der Waals surface area contributed by atoms with Crippen LogP contribution < -0.4 is 5.73 Å². The van der Waals surface area contributed by atoms with Crippen molar-refractivity contribution >= 4 is 17.0 Å². The Labute approximate surface area is 201 Å². The van der Waals surface area contributed by atoms with Gasteiger partial charge in [-0.3, -0.25) is 9.25 Å². The molecule has 5 N–H and O–H groups in total. The Morgan fingerprint density at radius 3 is 2.49 bits per heavy atom. The Bertz CT molecular complexity index is 1340. The summed E-state index contributed by atoms with van der Waals surface area (Å²) in [6.45, 7) is 6.71. The van der Waals surface area contributed by atoms with Crippen LogP contribution in [0.2, 0.25) is 0 Å². The summed E-state index contributed by atoms with van der Waals surface area (Å²) in [6.07, 6.45) is 0.524. The summed E-state index contributed by atoms with van der Waals surface area (Å²) >= 11 is 0. The summed E-state index contributed by atoms with van der Waals surface area (Å²) in [5.41, 5.74) is 9.99. The maximum absolute atomic E-state index is 10.4. The number of fused-ring (bicyclic) bond motifs is 1. The van der Waals surface area contributed by atoms with Crippen LogP contribution in [0.5, 0.6) is 0 Å². The number of nitrogen functional groups attached to an aromatic ring is 1. The van der Waals surface area contributed by atoms with Crippen LogP contribution >= 0.6 is 0 Å². The van der Waals surface area contributed by atoms with Crippen molar-refractivity contribution in [3.05, 3.63) is 54.1 Å². The van der Waals surface area contributed by atoms with Gasteiger partial charge >= 0.3 is 0 Å². The van der Waals surface area contributed by atoms with Gasteiger partial charge in [0.25, 0.3) is 0 Å². The molecule has 0 radical (unpaired) electrons. The fourth-order valence-corrected chi connectivity index (χ4v) is 4.23. The lowest BCUT2D eigenvalue weighted by Crippen LogP contribution is -2.33. The SMILES string of the molecule is CC(C)(C)c1ccc(Cn2cc(-c3nc(N)c4ncn(C5O[C@H](CO)[C@@H](O)[C@H]5O)c4n3)cn2)cc1. The van der Waals surface area contributed by atoms with E-state index in [1.165, 1.54) is 16.5 Å². The highest BCUT2D eigenvalue weighted by Crippen LogP contribution is 2.32. The molecule has 184 valence electrons. The molecule has 11 nitrogen and oxygen atoms in total. The number of hydrogen-bond donors (Lipinski definition) is 4. The fourth-order valence-electron chi connectivity index (χ4n) is 4.23. The first-order valence-electron chi connectivity index (χ1n) is 11.4. The summed E-state index contributed by atoms with van der Waals surface area (Å²) in [6, 6.07) is 8.47. The molecule has 4 aromatic rings. The van der Waals surface area contributed by atoms with E-state index in [4.69, 9.17) is 10.5 Å². The van der Waals surface area contributed by atoms with E-state index in [1.807, 2.05) is 6.20 Å². The molecule has 0 saturated carbocycles. The number of nitrogens with two attached hydrogens (primary N) is 1. The van der Waals surface area contributed by atoms with Gasteiger partial charge in [-0.1, -0.05) is 45.0 Å². The molecule has 5 rings (SSSR count). The van der Waals surface area contributed by atoms with Crippen molar-refractivity contribution in [1.29, 1.82) is 0 Å². The normalized spacial score (nSPS) is 22.8. The molecule has 0 spiro atoms. The van der Waals surface area contributed by atoms with Crippen LogP contribution in [0.3, 0.4) is 0 Å². The minimum Gasteiger partial charge on any atom is -0.394 e. The number of hydrogen-bond acceptors (Lipinski definition) is 9. The van der Waals surface area contributed by atoms with E-state index in [0.29, 0.717) is 29.1 Å². The van der Waals surface area contributed by atoms with Gasteiger partial charge in [-0.15, -0.1) is 0 Å². The van der Waals surface area contributed by atoms with Crippen LogP contribution in [0, 0.1) is 0 Å². The van der Waals surface area contributed by atoms with E-state index in [1.54, 1.807) is 10.9 Å². The van der Waals surface area contributed by atoms with E-state index in [2.05, 4.69) is 65.1 Å². The molecule has 0 bridgehead atoms. The second-order valence-electron chi connectivity index (χ2n) is 9.86. The Hall–Kier alpha value is -3.38. The van der Waals surface area contributed by atoms with Crippen molar-refractivity contribution in [1.82, 2.24) is 29.3 Å². The van der Waals surface area contributed by atoms with Crippen LogP contribution in [-0.4, -0.2) is 69.5 Å². The average molecular weight is 480 g/mol. The molecule has 0 amide bonds. The van der Waals surface area contributed by atoms with Gasteiger partial charge < -0.3 is 25.8 Å². The number of ether oxygens (including phenoxy) is 1. The summed E-state index contributed by atoms with van der Waals surface area (Å²) in [5.74, 6) is 0.513. The van der Waals surface area contributed by atoms with Crippen molar-refractivity contribution in [3.8, 4) is 11.4 Å². The van der Waals surface area contributed by atoms with Gasteiger partial charge in [0, 0.05) is 6.20 Å². The minimum absolute atomic E-state index is 0.0938. The zero-order valence-electron chi connectivity index (χ0n) is 19.8. The molecule has 0 aliphatic carbocycles. The van der Waals surface area contributed by atoms with Crippen molar-refractivity contribution in [3.63, 3.8) is 0 Å². The first kappa shape index (κ1) is 23.4. The number of imidazole rings is 1. The highest BCUT2D eigenvalue weighted by atomic mass is 16.6.